The molecule has 0 saturated heterocycles. The van der Waals surface area contributed by atoms with Crippen LogP contribution in [0.2, 0.25) is 0 Å². The second-order valence-corrected chi connectivity index (χ2v) is 4.18. The Hall–Kier alpha value is -2.04. The van der Waals surface area contributed by atoms with Crippen LogP contribution in [0, 0.1) is 0 Å². The number of benzene rings is 1. The fourth-order valence-corrected chi connectivity index (χ4v) is 1.42. The molecule has 0 aromatic heterocycles. The third-order valence-corrected chi connectivity index (χ3v) is 2.12. The first kappa shape index (κ1) is 14.0. The number of carbonyl (C=O) groups is 2. The summed E-state index contributed by atoms with van der Waals surface area (Å²) < 4.78 is 5.04. The molecule has 0 aliphatic carbocycles. The summed E-state index contributed by atoms with van der Waals surface area (Å²) in [6, 6.07) is 7.00. The molecule has 0 aliphatic rings. The number of nitrogens with one attached hydrogen (secondary N) is 2. The summed E-state index contributed by atoms with van der Waals surface area (Å²) in [7, 11) is 1.55. The van der Waals surface area contributed by atoms with Crippen LogP contribution in [0.1, 0.15) is 20.3 Å². The highest BCUT2D eigenvalue weighted by Crippen LogP contribution is 2.16. The van der Waals surface area contributed by atoms with Crippen LogP contribution < -0.4 is 15.4 Å². The van der Waals surface area contributed by atoms with Gasteiger partial charge in [0.05, 0.1) is 7.11 Å². The molecule has 5 heteroatoms. The minimum atomic E-state index is -0.346. The first-order valence-corrected chi connectivity index (χ1v) is 5.74. The number of hydrogen-bond donors (Lipinski definition) is 2. The van der Waals surface area contributed by atoms with Gasteiger partial charge < -0.3 is 15.4 Å². The minimum absolute atomic E-state index is 0.0297. The summed E-state index contributed by atoms with van der Waals surface area (Å²) in [5.41, 5.74) is 0.608. The number of methoxy groups -OCH3 is 1. The van der Waals surface area contributed by atoms with Crippen molar-refractivity contribution in [2.45, 2.75) is 26.3 Å². The Morgan fingerprint density at radius 2 is 2.00 bits per heavy atom. The number of ether oxygens (including phenoxy) is 1. The summed E-state index contributed by atoms with van der Waals surface area (Å²) in [5.74, 6) is 0.0197. The van der Waals surface area contributed by atoms with Crippen molar-refractivity contribution >= 4 is 17.5 Å². The van der Waals surface area contributed by atoms with E-state index in [0.29, 0.717) is 11.4 Å². The highest BCUT2D eigenvalue weighted by atomic mass is 16.5. The Morgan fingerprint density at radius 3 is 2.61 bits per heavy atom. The third-order valence-electron chi connectivity index (χ3n) is 2.12. The van der Waals surface area contributed by atoms with Crippen LogP contribution in [-0.4, -0.2) is 25.0 Å². The van der Waals surface area contributed by atoms with Crippen molar-refractivity contribution < 1.29 is 14.3 Å². The lowest BCUT2D eigenvalue weighted by Crippen LogP contribution is -2.33. The molecule has 0 spiro atoms. The zero-order valence-corrected chi connectivity index (χ0v) is 10.8. The van der Waals surface area contributed by atoms with Crippen molar-refractivity contribution in [3.05, 3.63) is 24.3 Å². The van der Waals surface area contributed by atoms with Gasteiger partial charge in [0.15, 0.2) is 0 Å². The van der Waals surface area contributed by atoms with E-state index in [1.165, 1.54) is 0 Å². The van der Waals surface area contributed by atoms with E-state index >= 15 is 0 Å². The monoisotopic (exact) mass is 250 g/mol. The number of amides is 2. The largest absolute Gasteiger partial charge is 0.497 e. The topological polar surface area (TPSA) is 67.4 Å². The fraction of sp³-hybridized carbons (Fsp3) is 0.385. The molecule has 0 atom stereocenters. The van der Waals surface area contributed by atoms with Crippen molar-refractivity contribution in [2.75, 3.05) is 12.4 Å². The molecular formula is C13H18N2O3. The van der Waals surface area contributed by atoms with Gasteiger partial charge >= 0.3 is 0 Å². The number of rotatable bonds is 5. The lowest BCUT2D eigenvalue weighted by atomic mass is 10.2. The highest BCUT2D eigenvalue weighted by molar-refractivity contribution is 6.03. The molecule has 18 heavy (non-hydrogen) atoms. The van der Waals surface area contributed by atoms with Crippen LogP contribution in [0.5, 0.6) is 5.75 Å². The molecule has 98 valence electrons. The van der Waals surface area contributed by atoms with E-state index in [-0.39, 0.29) is 24.3 Å². The zero-order chi connectivity index (χ0) is 13.5. The molecule has 0 aliphatic heterocycles. The van der Waals surface area contributed by atoms with Gasteiger partial charge in [-0.2, -0.15) is 0 Å². The lowest BCUT2D eigenvalue weighted by Gasteiger charge is -2.09. The maximum Gasteiger partial charge on any atom is 0.233 e. The van der Waals surface area contributed by atoms with Crippen molar-refractivity contribution in [2.24, 2.45) is 0 Å². The van der Waals surface area contributed by atoms with Gasteiger partial charge in [-0.05, 0) is 26.0 Å². The molecule has 0 radical (unpaired) electrons. The zero-order valence-electron chi connectivity index (χ0n) is 10.8. The Balaban J connectivity index is 2.51. The molecule has 1 aromatic rings. The van der Waals surface area contributed by atoms with Crippen LogP contribution in [0.3, 0.4) is 0 Å². The Labute approximate surface area is 107 Å². The van der Waals surface area contributed by atoms with Crippen LogP contribution in [0.4, 0.5) is 5.69 Å². The van der Waals surface area contributed by atoms with E-state index < -0.39 is 0 Å². The molecule has 0 fully saturated rings. The fourth-order valence-electron chi connectivity index (χ4n) is 1.42. The average Bonchev–Trinajstić information content (AvgIpc) is 2.27. The van der Waals surface area contributed by atoms with E-state index in [2.05, 4.69) is 10.6 Å². The van der Waals surface area contributed by atoms with Gasteiger partial charge in [0.1, 0.15) is 12.2 Å². The van der Waals surface area contributed by atoms with Gasteiger partial charge in [-0.15, -0.1) is 0 Å². The maximum atomic E-state index is 11.6. The molecule has 5 nitrogen and oxygen atoms in total. The molecule has 0 saturated carbocycles. The van der Waals surface area contributed by atoms with E-state index in [4.69, 9.17) is 4.74 Å². The van der Waals surface area contributed by atoms with Crippen molar-refractivity contribution in [3.63, 3.8) is 0 Å². The highest BCUT2D eigenvalue weighted by Gasteiger charge is 2.10. The molecule has 2 amide bonds. The van der Waals surface area contributed by atoms with Crippen molar-refractivity contribution in [1.82, 2.24) is 5.32 Å². The van der Waals surface area contributed by atoms with E-state index in [0.717, 1.165) is 0 Å². The van der Waals surface area contributed by atoms with E-state index in [1.807, 2.05) is 13.8 Å². The van der Waals surface area contributed by atoms with Gasteiger partial charge in [-0.3, -0.25) is 9.59 Å². The van der Waals surface area contributed by atoms with Gasteiger partial charge in [-0.25, -0.2) is 0 Å². The van der Waals surface area contributed by atoms with Crippen LogP contribution in [0.15, 0.2) is 24.3 Å². The molecule has 0 bridgehead atoms. The first-order chi connectivity index (χ1) is 8.51. The predicted molar refractivity (Wildman–Crippen MR) is 69.5 cm³/mol. The third kappa shape index (κ3) is 4.86. The van der Waals surface area contributed by atoms with Crippen LogP contribution in [0.25, 0.3) is 0 Å². The van der Waals surface area contributed by atoms with Gasteiger partial charge in [-0.1, -0.05) is 6.07 Å². The quantitative estimate of drug-likeness (QED) is 0.779. The van der Waals surface area contributed by atoms with Crippen molar-refractivity contribution in [3.8, 4) is 5.75 Å². The van der Waals surface area contributed by atoms with Crippen LogP contribution in [-0.2, 0) is 9.59 Å². The molecule has 2 N–H and O–H groups in total. The maximum absolute atomic E-state index is 11.6. The number of hydrogen-bond acceptors (Lipinski definition) is 3. The van der Waals surface area contributed by atoms with E-state index in [1.54, 1.807) is 31.4 Å². The van der Waals surface area contributed by atoms with Gasteiger partial charge in [0.2, 0.25) is 11.8 Å². The Kier molecular flexibility index (Phi) is 5.17. The average molecular weight is 250 g/mol. The first-order valence-electron chi connectivity index (χ1n) is 5.74. The number of carbonyl (C=O) groups excluding carboxylic acids is 2. The summed E-state index contributed by atoms with van der Waals surface area (Å²) in [4.78, 5) is 23.0. The standard InChI is InChI=1S/C13H18N2O3/c1-9(2)14-12(16)8-13(17)15-10-5-4-6-11(7-10)18-3/h4-7,9H,8H2,1-3H3,(H,14,16)(H,15,17). The summed E-state index contributed by atoms with van der Waals surface area (Å²) >= 11 is 0. The van der Waals surface area contributed by atoms with Gasteiger partial charge in [0, 0.05) is 17.8 Å². The van der Waals surface area contributed by atoms with Crippen LogP contribution >= 0.6 is 0 Å². The molecule has 1 aromatic carbocycles. The normalized spacial score (nSPS) is 10.0. The summed E-state index contributed by atoms with van der Waals surface area (Å²) in [5, 5.41) is 5.30. The second kappa shape index (κ2) is 6.64. The summed E-state index contributed by atoms with van der Waals surface area (Å²) in [6.07, 6.45) is -0.185. The molecular weight excluding hydrogens is 232 g/mol. The lowest BCUT2D eigenvalue weighted by molar-refractivity contribution is -0.127. The second-order valence-electron chi connectivity index (χ2n) is 4.18. The molecule has 0 heterocycles. The number of anilines is 1. The Morgan fingerprint density at radius 1 is 1.28 bits per heavy atom. The SMILES string of the molecule is COc1cccc(NC(=O)CC(=O)NC(C)C)c1. The molecule has 0 unspecified atom stereocenters. The smallest absolute Gasteiger partial charge is 0.233 e. The predicted octanol–water partition coefficient (Wildman–Crippen LogP) is 1.55. The summed E-state index contributed by atoms with van der Waals surface area (Å²) in [6.45, 7) is 3.69. The minimum Gasteiger partial charge on any atom is -0.497 e. The van der Waals surface area contributed by atoms with E-state index in [9.17, 15) is 9.59 Å². The van der Waals surface area contributed by atoms with Crippen molar-refractivity contribution in [1.29, 1.82) is 0 Å². The molecule has 1 rings (SSSR count). The Bertz CT molecular complexity index is 430. The van der Waals surface area contributed by atoms with Gasteiger partial charge in [0.25, 0.3) is 0 Å².